The van der Waals surface area contributed by atoms with Gasteiger partial charge in [0.05, 0.1) is 10.7 Å². The highest BCUT2D eigenvalue weighted by atomic mass is 79.9. The van der Waals surface area contributed by atoms with Crippen LogP contribution < -0.4 is 10.0 Å². The molecule has 1 aromatic carbocycles. The predicted octanol–water partition coefficient (Wildman–Crippen LogP) is 2.30. The minimum absolute atomic E-state index is 0.349. The molecule has 1 rings (SSSR count). The maximum absolute atomic E-state index is 12.1. The van der Waals surface area contributed by atoms with Gasteiger partial charge in [0, 0.05) is 18.1 Å². The van der Waals surface area contributed by atoms with Crippen molar-refractivity contribution in [1.82, 2.24) is 9.62 Å². The lowest BCUT2D eigenvalue weighted by Crippen LogP contribution is -2.34. The summed E-state index contributed by atoms with van der Waals surface area (Å²) in [5.74, 6) is 0. The second-order valence-electron chi connectivity index (χ2n) is 4.01. The molecule has 0 atom stereocenters. The fourth-order valence-corrected chi connectivity index (χ4v) is 3.15. The summed E-state index contributed by atoms with van der Waals surface area (Å²) in [7, 11) is -0.213. The molecule has 0 heterocycles. The summed E-state index contributed by atoms with van der Waals surface area (Å²) in [6.07, 6.45) is 0.738. The first kappa shape index (κ1) is 16.7. The fourth-order valence-electron chi connectivity index (χ4n) is 1.39. The monoisotopic (exact) mass is 369 g/mol. The van der Waals surface area contributed by atoms with Crippen molar-refractivity contribution in [3.05, 3.63) is 27.7 Å². The molecule has 0 saturated carbocycles. The molecule has 108 valence electrons. The Hall–Kier alpha value is -0.340. The van der Waals surface area contributed by atoms with Crippen molar-refractivity contribution in [3.8, 4) is 0 Å². The van der Waals surface area contributed by atoms with Gasteiger partial charge in [0.25, 0.3) is 0 Å². The lowest BCUT2D eigenvalue weighted by atomic mass is 10.3. The van der Waals surface area contributed by atoms with Crippen molar-refractivity contribution in [2.45, 2.75) is 6.42 Å². The summed E-state index contributed by atoms with van der Waals surface area (Å²) < 4.78 is 28.6. The second-order valence-corrected chi connectivity index (χ2v) is 7.11. The van der Waals surface area contributed by atoms with E-state index in [-0.39, 0.29) is 0 Å². The standard InChI is InChI=1S/C11H17BrClN3O2S/c1-14-6-3-7-16(2)19(17,18)15-11-5-4-9(12)8-10(11)13/h4-5,8,14-15H,3,6-7H2,1-2H3. The van der Waals surface area contributed by atoms with Crippen LogP contribution in [0, 0.1) is 0 Å². The molecule has 8 heteroatoms. The number of anilines is 1. The first-order valence-electron chi connectivity index (χ1n) is 5.70. The van der Waals surface area contributed by atoms with Crippen molar-refractivity contribution in [2.24, 2.45) is 0 Å². The molecule has 0 spiro atoms. The Bertz CT molecular complexity index is 525. The zero-order valence-electron chi connectivity index (χ0n) is 10.8. The van der Waals surface area contributed by atoms with Crippen molar-refractivity contribution >= 4 is 43.4 Å². The molecule has 0 saturated heterocycles. The molecule has 0 unspecified atom stereocenters. The van der Waals surface area contributed by atoms with Gasteiger partial charge in [-0.05, 0) is 38.2 Å². The van der Waals surface area contributed by atoms with Crippen LogP contribution in [0.5, 0.6) is 0 Å². The molecule has 0 bridgehead atoms. The number of rotatable bonds is 7. The molecule has 0 amide bonds. The first-order valence-corrected chi connectivity index (χ1v) is 8.31. The average molecular weight is 371 g/mol. The number of hydrogen-bond donors (Lipinski definition) is 2. The van der Waals surface area contributed by atoms with Gasteiger partial charge in [0.2, 0.25) is 0 Å². The van der Waals surface area contributed by atoms with Crippen molar-refractivity contribution in [2.75, 3.05) is 31.9 Å². The Morgan fingerprint density at radius 3 is 2.68 bits per heavy atom. The van der Waals surface area contributed by atoms with Crippen molar-refractivity contribution in [3.63, 3.8) is 0 Å². The van der Waals surface area contributed by atoms with Crippen LogP contribution in [0.3, 0.4) is 0 Å². The zero-order valence-corrected chi connectivity index (χ0v) is 13.9. The van der Waals surface area contributed by atoms with E-state index in [4.69, 9.17) is 11.6 Å². The van der Waals surface area contributed by atoms with Gasteiger partial charge >= 0.3 is 10.2 Å². The van der Waals surface area contributed by atoms with E-state index >= 15 is 0 Å². The number of halogens is 2. The quantitative estimate of drug-likeness (QED) is 0.724. The van der Waals surface area contributed by atoms with E-state index in [9.17, 15) is 8.42 Å². The van der Waals surface area contributed by atoms with Crippen LogP contribution in [-0.2, 0) is 10.2 Å². The van der Waals surface area contributed by atoms with Crippen LogP contribution in [0.1, 0.15) is 6.42 Å². The molecular weight excluding hydrogens is 354 g/mol. The zero-order chi connectivity index (χ0) is 14.5. The molecule has 1 aromatic rings. The number of nitrogens with zero attached hydrogens (tertiary/aromatic N) is 1. The van der Waals surface area contributed by atoms with Gasteiger partial charge in [-0.3, -0.25) is 4.72 Å². The topological polar surface area (TPSA) is 61.4 Å². The van der Waals surface area contributed by atoms with E-state index in [1.165, 1.54) is 11.4 Å². The summed E-state index contributed by atoms with van der Waals surface area (Å²) in [5, 5.41) is 3.32. The first-order chi connectivity index (χ1) is 8.86. The summed E-state index contributed by atoms with van der Waals surface area (Å²) in [5.41, 5.74) is 0.366. The van der Waals surface area contributed by atoms with E-state index < -0.39 is 10.2 Å². The maximum Gasteiger partial charge on any atom is 0.301 e. The molecule has 19 heavy (non-hydrogen) atoms. The van der Waals surface area contributed by atoms with E-state index in [0.717, 1.165) is 17.4 Å². The molecule has 5 nitrogen and oxygen atoms in total. The molecule has 0 aromatic heterocycles. The third kappa shape index (κ3) is 5.27. The second kappa shape index (κ2) is 7.44. The van der Waals surface area contributed by atoms with Crippen LogP contribution in [0.25, 0.3) is 0 Å². The molecule has 0 fully saturated rings. The highest BCUT2D eigenvalue weighted by molar-refractivity contribution is 9.10. The lowest BCUT2D eigenvalue weighted by molar-refractivity contribution is 0.462. The Morgan fingerprint density at radius 2 is 2.11 bits per heavy atom. The summed E-state index contributed by atoms with van der Waals surface area (Å²) >= 11 is 9.25. The highest BCUT2D eigenvalue weighted by Gasteiger charge is 2.18. The van der Waals surface area contributed by atoms with E-state index in [2.05, 4.69) is 26.0 Å². The summed E-state index contributed by atoms with van der Waals surface area (Å²) in [4.78, 5) is 0. The minimum Gasteiger partial charge on any atom is -0.320 e. The molecular formula is C11H17BrClN3O2S. The van der Waals surface area contributed by atoms with Crippen LogP contribution in [0.15, 0.2) is 22.7 Å². The average Bonchev–Trinajstić information content (AvgIpc) is 2.33. The van der Waals surface area contributed by atoms with Crippen molar-refractivity contribution in [1.29, 1.82) is 0 Å². The molecule has 0 radical (unpaired) electrons. The van der Waals surface area contributed by atoms with Gasteiger partial charge in [0.1, 0.15) is 0 Å². The van der Waals surface area contributed by atoms with E-state index in [1.807, 2.05) is 7.05 Å². The number of nitrogens with one attached hydrogen (secondary N) is 2. The number of benzene rings is 1. The maximum atomic E-state index is 12.1. The van der Waals surface area contributed by atoms with Gasteiger partial charge in [-0.2, -0.15) is 12.7 Å². The van der Waals surface area contributed by atoms with Crippen molar-refractivity contribution < 1.29 is 8.42 Å². The SMILES string of the molecule is CNCCCN(C)S(=O)(=O)Nc1ccc(Br)cc1Cl. The number of hydrogen-bond acceptors (Lipinski definition) is 3. The van der Waals surface area contributed by atoms with Crippen LogP contribution in [-0.4, -0.2) is 39.9 Å². The fraction of sp³-hybridized carbons (Fsp3) is 0.455. The van der Waals surface area contributed by atoms with Gasteiger partial charge < -0.3 is 5.32 Å². The Kier molecular flexibility index (Phi) is 6.55. The van der Waals surface area contributed by atoms with Gasteiger partial charge in [-0.25, -0.2) is 0 Å². The smallest absolute Gasteiger partial charge is 0.301 e. The normalized spacial score (nSPS) is 11.8. The lowest BCUT2D eigenvalue weighted by Gasteiger charge is -2.18. The largest absolute Gasteiger partial charge is 0.320 e. The van der Waals surface area contributed by atoms with Gasteiger partial charge in [-0.1, -0.05) is 27.5 Å². The Balaban J connectivity index is 2.73. The van der Waals surface area contributed by atoms with E-state index in [1.54, 1.807) is 18.2 Å². The van der Waals surface area contributed by atoms with Gasteiger partial charge in [-0.15, -0.1) is 0 Å². The highest BCUT2D eigenvalue weighted by Crippen LogP contribution is 2.26. The summed E-state index contributed by atoms with van der Waals surface area (Å²) in [6, 6.07) is 4.98. The molecule has 2 N–H and O–H groups in total. The molecule has 0 aliphatic rings. The van der Waals surface area contributed by atoms with Gasteiger partial charge in [0.15, 0.2) is 0 Å². The third-order valence-electron chi connectivity index (χ3n) is 2.48. The van der Waals surface area contributed by atoms with Crippen LogP contribution in [0.4, 0.5) is 5.69 Å². The Morgan fingerprint density at radius 1 is 1.42 bits per heavy atom. The molecule has 0 aliphatic carbocycles. The minimum atomic E-state index is -3.57. The summed E-state index contributed by atoms with van der Waals surface area (Å²) in [6.45, 7) is 1.20. The van der Waals surface area contributed by atoms with Crippen LogP contribution >= 0.6 is 27.5 Å². The Labute approximate surface area is 127 Å². The third-order valence-corrected chi connectivity index (χ3v) is 4.77. The van der Waals surface area contributed by atoms with E-state index in [0.29, 0.717) is 17.3 Å². The van der Waals surface area contributed by atoms with Crippen LogP contribution in [0.2, 0.25) is 5.02 Å². The molecule has 0 aliphatic heterocycles. The predicted molar refractivity (Wildman–Crippen MR) is 82.9 cm³/mol.